The standard InChI is InChI=1S/C24H17F5N6O3S/c1-2-7-39(37,38)34-16-4-3-15(25)19(20(16)26)21(36)14-10-31-22-13(14)8-12(9-30-22)17-11-35-6-5-18(24(27,28)29)33-23(35)32-17/h3-6,8-11,34H,2,7H2,1H3,(H,30,31). The fourth-order valence-electron chi connectivity index (χ4n) is 3.96. The highest BCUT2D eigenvalue weighted by Crippen LogP contribution is 2.31. The second kappa shape index (κ2) is 9.41. The maximum atomic E-state index is 15.2. The van der Waals surface area contributed by atoms with Gasteiger partial charge in [-0.1, -0.05) is 6.92 Å². The molecule has 2 N–H and O–H groups in total. The number of carbonyl (C=O) groups is 1. The number of sulfonamides is 1. The normalized spacial score (nSPS) is 12.4. The molecule has 5 rings (SSSR count). The summed E-state index contributed by atoms with van der Waals surface area (Å²) < 4.78 is 96.4. The van der Waals surface area contributed by atoms with Crippen LogP contribution in [0.4, 0.5) is 27.6 Å². The number of benzene rings is 1. The molecule has 4 aromatic heterocycles. The average Bonchev–Trinajstić information content (AvgIpc) is 3.48. The number of hydrogen-bond donors (Lipinski definition) is 2. The molecule has 0 aliphatic heterocycles. The molecule has 5 aromatic rings. The summed E-state index contributed by atoms with van der Waals surface area (Å²) in [4.78, 5) is 27.8. The second-order valence-electron chi connectivity index (χ2n) is 8.50. The predicted octanol–water partition coefficient (Wildman–Crippen LogP) is 4.95. The van der Waals surface area contributed by atoms with Crippen molar-refractivity contribution in [3.63, 3.8) is 0 Å². The zero-order valence-electron chi connectivity index (χ0n) is 19.8. The van der Waals surface area contributed by atoms with Gasteiger partial charge in [-0.05, 0) is 30.7 Å². The topological polar surface area (TPSA) is 122 Å². The van der Waals surface area contributed by atoms with Crippen molar-refractivity contribution in [2.24, 2.45) is 0 Å². The van der Waals surface area contributed by atoms with E-state index in [1.54, 1.807) is 6.92 Å². The number of pyridine rings is 1. The first kappa shape index (κ1) is 26.2. The summed E-state index contributed by atoms with van der Waals surface area (Å²) in [6.45, 7) is 1.61. The smallest absolute Gasteiger partial charge is 0.345 e. The Bertz CT molecular complexity index is 1860. The minimum Gasteiger partial charge on any atom is -0.345 e. The van der Waals surface area contributed by atoms with Gasteiger partial charge >= 0.3 is 6.18 Å². The highest BCUT2D eigenvalue weighted by molar-refractivity contribution is 7.92. The Kier molecular flexibility index (Phi) is 6.33. The van der Waals surface area contributed by atoms with Gasteiger partial charge in [0.1, 0.15) is 17.2 Å². The van der Waals surface area contributed by atoms with Gasteiger partial charge in [-0.3, -0.25) is 13.9 Å². The van der Waals surface area contributed by atoms with Crippen LogP contribution in [0.5, 0.6) is 0 Å². The molecule has 0 aliphatic carbocycles. The van der Waals surface area contributed by atoms with Crippen molar-refractivity contribution in [3.8, 4) is 11.3 Å². The summed E-state index contributed by atoms with van der Waals surface area (Å²) in [5, 5.41) is 0.147. The molecule has 0 aliphatic rings. The number of aromatic amines is 1. The number of ketones is 1. The Labute approximate surface area is 216 Å². The first-order valence-corrected chi connectivity index (χ1v) is 13.0. The zero-order valence-corrected chi connectivity index (χ0v) is 20.7. The van der Waals surface area contributed by atoms with Crippen molar-refractivity contribution in [2.75, 3.05) is 10.5 Å². The van der Waals surface area contributed by atoms with Gasteiger partial charge in [-0.25, -0.2) is 32.2 Å². The van der Waals surface area contributed by atoms with Gasteiger partial charge in [0.25, 0.3) is 0 Å². The number of imidazole rings is 1. The minimum atomic E-state index is -4.66. The third-order valence-corrected chi connectivity index (χ3v) is 7.22. The third kappa shape index (κ3) is 4.92. The number of aromatic nitrogens is 5. The van der Waals surface area contributed by atoms with Crippen molar-refractivity contribution < 1.29 is 35.2 Å². The van der Waals surface area contributed by atoms with E-state index in [0.29, 0.717) is 0 Å². The third-order valence-electron chi connectivity index (χ3n) is 5.74. The summed E-state index contributed by atoms with van der Waals surface area (Å²) in [7, 11) is -3.93. The quantitative estimate of drug-likeness (QED) is 0.213. The Morgan fingerprint density at radius 1 is 1.15 bits per heavy atom. The summed E-state index contributed by atoms with van der Waals surface area (Å²) in [5.74, 6) is -4.21. The van der Waals surface area contributed by atoms with Crippen molar-refractivity contribution in [3.05, 3.63) is 77.5 Å². The van der Waals surface area contributed by atoms with E-state index in [1.165, 1.54) is 29.1 Å². The molecule has 0 saturated carbocycles. The molecule has 9 nitrogen and oxygen atoms in total. The first-order chi connectivity index (χ1) is 18.4. The fourth-order valence-corrected chi connectivity index (χ4v) is 5.09. The van der Waals surface area contributed by atoms with Crippen LogP contribution in [0, 0.1) is 11.6 Å². The van der Waals surface area contributed by atoms with Crippen LogP contribution in [0.2, 0.25) is 0 Å². The van der Waals surface area contributed by atoms with Gasteiger partial charge in [0.05, 0.1) is 22.7 Å². The number of nitrogens with one attached hydrogen (secondary N) is 2. The highest BCUT2D eigenvalue weighted by atomic mass is 32.2. The summed E-state index contributed by atoms with van der Waals surface area (Å²) in [6, 6.07) is 3.88. The molecule has 0 spiro atoms. The molecule has 0 amide bonds. The van der Waals surface area contributed by atoms with Crippen LogP contribution in [0.3, 0.4) is 0 Å². The molecule has 202 valence electrons. The van der Waals surface area contributed by atoms with Gasteiger partial charge in [0.15, 0.2) is 5.82 Å². The number of alkyl halides is 3. The Morgan fingerprint density at radius 2 is 1.92 bits per heavy atom. The molecule has 15 heteroatoms. The lowest BCUT2D eigenvalue weighted by Crippen LogP contribution is -2.18. The van der Waals surface area contributed by atoms with E-state index >= 15 is 4.39 Å². The number of fused-ring (bicyclic) bond motifs is 2. The molecule has 0 atom stereocenters. The van der Waals surface area contributed by atoms with Gasteiger partial charge in [0.2, 0.25) is 21.6 Å². The fraction of sp³-hybridized carbons (Fsp3) is 0.167. The number of nitrogens with zero attached hydrogens (tertiary/aromatic N) is 4. The summed E-state index contributed by atoms with van der Waals surface area (Å²) in [5.41, 5.74) is -2.20. The van der Waals surface area contributed by atoms with E-state index in [4.69, 9.17) is 0 Å². The lowest BCUT2D eigenvalue weighted by atomic mass is 10.0. The highest BCUT2D eigenvalue weighted by Gasteiger charge is 2.33. The maximum absolute atomic E-state index is 15.2. The molecule has 1 aromatic carbocycles. The van der Waals surface area contributed by atoms with Gasteiger partial charge in [-0.15, -0.1) is 0 Å². The number of halogens is 5. The van der Waals surface area contributed by atoms with Crippen LogP contribution < -0.4 is 4.72 Å². The second-order valence-corrected chi connectivity index (χ2v) is 10.3. The first-order valence-electron chi connectivity index (χ1n) is 11.3. The zero-order chi connectivity index (χ0) is 28.1. The monoisotopic (exact) mass is 564 g/mol. The Hall–Kier alpha value is -4.40. The van der Waals surface area contributed by atoms with Gasteiger partial charge in [-0.2, -0.15) is 13.2 Å². The number of carbonyl (C=O) groups excluding carboxylic acids is 1. The van der Waals surface area contributed by atoms with Crippen LogP contribution in [-0.4, -0.2) is 44.3 Å². The van der Waals surface area contributed by atoms with Crippen molar-refractivity contribution >= 4 is 38.3 Å². The van der Waals surface area contributed by atoms with Gasteiger partial charge < -0.3 is 4.98 Å². The predicted molar refractivity (Wildman–Crippen MR) is 131 cm³/mol. The van der Waals surface area contributed by atoms with Crippen molar-refractivity contribution in [2.45, 2.75) is 19.5 Å². The maximum Gasteiger partial charge on any atom is 0.433 e. The largest absolute Gasteiger partial charge is 0.433 e. The van der Waals surface area contributed by atoms with E-state index in [1.807, 2.05) is 4.72 Å². The van der Waals surface area contributed by atoms with E-state index in [-0.39, 0.29) is 45.8 Å². The Balaban J connectivity index is 1.55. The molecule has 0 saturated heterocycles. The van der Waals surface area contributed by atoms with E-state index in [0.717, 1.165) is 24.4 Å². The molecular weight excluding hydrogens is 547 g/mol. The molecule has 39 heavy (non-hydrogen) atoms. The SMILES string of the molecule is CCCS(=O)(=O)Nc1ccc(F)c(C(=O)c2c[nH]c3ncc(-c4cn5ccc(C(F)(F)F)nc5n4)cc23)c1F. The van der Waals surface area contributed by atoms with Gasteiger partial charge in [0, 0.05) is 41.3 Å². The number of H-pyrrole nitrogens is 1. The summed E-state index contributed by atoms with van der Waals surface area (Å²) in [6.07, 6.45) is 0.685. The number of rotatable bonds is 7. The molecule has 4 heterocycles. The van der Waals surface area contributed by atoms with E-state index < -0.39 is 50.6 Å². The Morgan fingerprint density at radius 3 is 2.64 bits per heavy atom. The molecule has 0 unspecified atom stereocenters. The van der Waals surface area contributed by atoms with Crippen LogP contribution in [0.25, 0.3) is 28.1 Å². The average molecular weight is 564 g/mol. The van der Waals surface area contributed by atoms with Crippen LogP contribution in [-0.2, 0) is 16.2 Å². The summed E-state index contributed by atoms with van der Waals surface area (Å²) >= 11 is 0. The van der Waals surface area contributed by atoms with Crippen molar-refractivity contribution in [1.29, 1.82) is 0 Å². The van der Waals surface area contributed by atoms with Crippen LogP contribution in [0.1, 0.15) is 35.0 Å². The lowest BCUT2D eigenvalue weighted by molar-refractivity contribution is -0.141. The molecule has 0 bridgehead atoms. The molecule has 0 fully saturated rings. The number of hydrogen-bond acceptors (Lipinski definition) is 6. The minimum absolute atomic E-state index is 0.147. The van der Waals surface area contributed by atoms with E-state index in [2.05, 4.69) is 19.9 Å². The lowest BCUT2D eigenvalue weighted by Gasteiger charge is -2.11. The molecular formula is C24H17F5N6O3S. The number of anilines is 1. The van der Waals surface area contributed by atoms with Crippen LogP contribution >= 0.6 is 0 Å². The van der Waals surface area contributed by atoms with Crippen LogP contribution in [0.15, 0.2) is 49.1 Å². The van der Waals surface area contributed by atoms with E-state index in [9.17, 15) is 30.8 Å². The molecule has 0 radical (unpaired) electrons. The van der Waals surface area contributed by atoms with Crippen molar-refractivity contribution in [1.82, 2.24) is 24.3 Å².